The molecule has 4 nitrogen and oxygen atoms in total. The molecule has 0 fully saturated rings. The van der Waals surface area contributed by atoms with Crippen molar-refractivity contribution in [2.75, 3.05) is 18.6 Å². The summed E-state index contributed by atoms with van der Waals surface area (Å²) in [4.78, 5) is 0.191. The van der Waals surface area contributed by atoms with Crippen LogP contribution < -0.4 is 4.72 Å². The van der Waals surface area contributed by atoms with Crippen molar-refractivity contribution in [1.29, 1.82) is 0 Å². The molecule has 0 radical (unpaired) electrons. The molecule has 7 heteroatoms. The number of rotatable bonds is 6. The molecule has 1 aromatic carbocycles. The molecule has 17 heavy (non-hydrogen) atoms. The molecule has 0 amide bonds. The van der Waals surface area contributed by atoms with Crippen molar-refractivity contribution < 1.29 is 13.5 Å². The SMILES string of the molecule is CSCCNS(=O)(=O)c1ccc(CO)cc1Br. The first-order valence-corrected chi connectivity index (χ1v) is 8.56. The molecular weight excluding hydrogens is 326 g/mol. The lowest BCUT2D eigenvalue weighted by atomic mass is 10.2. The summed E-state index contributed by atoms with van der Waals surface area (Å²) in [5, 5.41) is 8.94. The average molecular weight is 340 g/mol. The second kappa shape index (κ2) is 6.75. The van der Waals surface area contributed by atoms with Gasteiger partial charge >= 0.3 is 0 Å². The fourth-order valence-corrected chi connectivity index (χ4v) is 3.81. The second-order valence-corrected chi connectivity index (χ2v) is 6.89. The molecule has 1 aromatic rings. The summed E-state index contributed by atoms with van der Waals surface area (Å²) in [7, 11) is -3.48. The van der Waals surface area contributed by atoms with E-state index < -0.39 is 10.0 Å². The Morgan fingerprint density at radius 2 is 2.18 bits per heavy atom. The third-order valence-electron chi connectivity index (χ3n) is 2.07. The summed E-state index contributed by atoms with van der Waals surface area (Å²) in [5.41, 5.74) is 0.667. The Labute approximate surface area is 114 Å². The maximum atomic E-state index is 11.9. The average Bonchev–Trinajstić information content (AvgIpc) is 2.28. The minimum atomic E-state index is -3.48. The van der Waals surface area contributed by atoms with Gasteiger partial charge in [-0.1, -0.05) is 6.07 Å². The highest BCUT2D eigenvalue weighted by atomic mass is 79.9. The third kappa shape index (κ3) is 4.26. The number of hydrogen-bond donors (Lipinski definition) is 2. The van der Waals surface area contributed by atoms with Crippen LogP contribution in [0.4, 0.5) is 0 Å². The number of sulfonamides is 1. The topological polar surface area (TPSA) is 66.4 Å². The quantitative estimate of drug-likeness (QED) is 0.772. The first kappa shape index (κ1) is 15.0. The first-order valence-electron chi connectivity index (χ1n) is 4.89. The Balaban J connectivity index is 2.91. The van der Waals surface area contributed by atoms with Crippen LogP contribution >= 0.6 is 27.7 Å². The van der Waals surface area contributed by atoms with E-state index >= 15 is 0 Å². The van der Waals surface area contributed by atoms with Crippen molar-refractivity contribution >= 4 is 37.7 Å². The summed E-state index contributed by atoms with van der Waals surface area (Å²) < 4.78 is 26.8. The number of thioether (sulfide) groups is 1. The van der Waals surface area contributed by atoms with E-state index in [-0.39, 0.29) is 11.5 Å². The van der Waals surface area contributed by atoms with Crippen molar-refractivity contribution in [3.8, 4) is 0 Å². The van der Waals surface area contributed by atoms with E-state index in [1.165, 1.54) is 6.07 Å². The van der Waals surface area contributed by atoms with E-state index in [9.17, 15) is 8.42 Å². The smallest absolute Gasteiger partial charge is 0.241 e. The number of benzene rings is 1. The molecule has 0 saturated heterocycles. The van der Waals surface area contributed by atoms with E-state index in [0.29, 0.717) is 16.6 Å². The van der Waals surface area contributed by atoms with Crippen LogP contribution in [-0.2, 0) is 16.6 Å². The molecule has 0 aliphatic carbocycles. The summed E-state index contributed by atoms with van der Waals surface area (Å²) in [6.45, 7) is 0.288. The molecule has 0 aliphatic heterocycles. The fraction of sp³-hybridized carbons (Fsp3) is 0.400. The molecule has 0 saturated carbocycles. The van der Waals surface area contributed by atoms with Gasteiger partial charge in [0.1, 0.15) is 0 Å². The molecule has 0 atom stereocenters. The number of nitrogens with one attached hydrogen (secondary N) is 1. The van der Waals surface area contributed by atoms with Gasteiger partial charge in [0.25, 0.3) is 0 Å². The van der Waals surface area contributed by atoms with Gasteiger partial charge in [-0.2, -0.15) is 11.8 Å². The molecule has 96 valence electrons. The first-order chi connectivity index (χ1) is 8.01. The Morgan fingerprint density at radius 1 is 1.47 bits per heavy atom. The highest BCUT2D eigenvalue weighted by molar-refractivity contribution is 9.10. The van der Waals surface area contributed by atoms with Gasteiger partial charge in [-0.3, -0.25) is 0 Å². The molecule has 1 rings (SSSR count). The summed E-state index contributed by atoms with van der Waals surface area (Å²) >= 11 is 4.77. The summed E-state index contributed by atoms with van der Waals surface area (Å²) in [6.07, 6.45) is 1.92. The zero-order chi connectivity index (χ0) is 12.9. The lowest BCUT2D eigenvalue weighted by Crippen LogP contribution is -2.26. The van der Waals surface area contributed by atoms with Crippen LogP contribution in [0.2, 0.25) is 0 Å². The number of hydrogen-bond acceptors (Lipinski definition) is 4. The van der Waals surface area contributed by atoms with Crippen LogP contribution in [0.15, 0.2) is 27.6 Å². The molecule has 0 aromatic heterocycles. The van der Waals surface area contributed by atoms with E-state index in [1.807, 2.05) is 6.26 Å². The van der Waals surface area contributed by atoms with Gasteiger partial charge in [0.2, 0.25) is 10.0 Å². The Bertz CT molecular complexity index is 476. The zero-order valence-electron chi connectivity index (χ0n) is 9.31. The normalized spacial score (nSPS) is 11.7. The molecule has 2 N–H and O–H groups in total. The standard InChI is InChI=1S/C10H14BrNO3S2/c1-16-5-4-12-17(14,15)10-3-2-8(7-13)6-9(10)11/h2-3,6,12-13H,4-5,7H2,1H3. The van der Waals surface area contributed by atoms with Crippen LogP contribution in [0, 0.1) is 0 Å². The monoisotopic (exact) mass is 339 g/mol. The highest BCUT2D eigenvalue weighted by Crippen LogP contribution is 2.23. The van der Waals surface area contributed by atoms with E-state index in [1.54, 1.807) is 23.9 Å². The Kier molecular flexibility index (Phi) is 5.94. The third-order valence-corrected chi connectivity index (χ3v) is 5.12. The van der Waals surface area contributed by atoms with Gasteiger partial charge in [-0.15, -0.1) is 0 Å². The van der Waals surface area contributed by atoms with Crippen molar-refractivity contribution in [2.24, 2.45) is 0 Å². The van der Waals surface area contributed by atoms with E-state index in [4.69, 9.17) is 5.11 Å². The zero-order valence-corrected chi connectivity index (χ0v) is 12.5. The summed E-state index contributed by atoms with van der Waals surface area (Å²) in [6, 6.07) is 4.67. The molecule has 0 spiro atoms. The predicted octanol–water partition coefficient (Wildman–Crippen LogP) is 1.58. The van der Waals surface area contributed by atoms with Crippen LogP contribution in [0.1, 0.15) is 5.56 Å². The molecule has 0 heterocycles. The van der Waals surface area contributed by atoms with Crippen molar-refractivity contribution in [1.82, 2.24) is 4.72 Å². The van der Waals surface area contributed by atoms with Gasteiger partial charge in [0.15, 0.2) is 0 Å². The van der Waals surface area contributed by atoms with Crippen molar-refractivity contribution in [2.45, 2.75) is 11.5 Å². The fourth-order valence-electron chi connectivity index (χ4n) is 1.22. The van der Waals surface area contributed by atoms with Gasteiger partial charge in [-0.25, -0.2) is 13.1 Å². The number of aliphatic hydroxyl groups is 1. The van der Waals surface area contributed by atoms with Gasteiger partial charge in [0.05, 0.1) is 11.5 Å². The van der Waals surface area contributed by atoms with Crippen molar-refractivity contribution in [3.05, 3.63) is 28.2 Å². The van der Waals surface area contributed by atoms with Crippen LogP contribution in [-0.4, -0.2) is 32.1 Å². The van der Waals surface area contributed by atoms with Crippen LogP contribution in [0.3, 0.4) is 0 Å². The van der Waals surface area contributed by atoms with E-state index in [2.05, 4.69) is 20.7 Å². The maximum absolute atomic E-state index is 11.9. The van der Waals surface area contributed by atoms with Crippen LogP contribution in [0.25, 0.3) is 0 Å². The van der Waals surface area contributed by atoms with Gasteiger partial charge in [0, 0.05) is 16.8 Å². The van der Waals surface area contributed by atoms with Crippen molar-refractivity contribution in [3.63, 3.8) is 0 Å². The maximum Gasteiger partial charge on any atom is 0.241 e. The van der Waals surface area contributed by atoms with Gasteiger partial charge in [-0.05, 0) is 39.9 Å². The Hall–Kier alpha value is -0.0800. The minimum Gasteiger partial charge on any atom is -0.392 e. The molecule has 0 unspecified atom stereocenters. The second-order valence-electron chi connectivity index (χ2n) is 3.31. The molecular formula is C10H14BrNO3S2. The minimum absolute atomic E-state index is 0.112. The van der Waals surface area contributed by atoms with Crippen LogP contribution in [0.5, 0.6) is 0 Å². The van der Waals surface area contributed by atoms with E-state index in [0.717, 1.165) is 5.75 Å². The summed E-state index contributed by atoms with van der Waals surface area (Å²) in [5.74, 6) is 0.728. The molecule has 0 aliphatic rings. The largest absolute Gasteiger partial charge is 0.392 e. The highest BCUT2D eigenvalue weighted by Gasteiger charge is 2.16. The van der Waals surface area contributed by atoms with Gasteiger partial charge < -0.3 is 5.11 Å². The molecule has 0 bridgehead atoms. The predicted molar refractivity (Wildman–Crippen MR) is 73.6 cm³/mol. The number of aliphatic hydroxyl groups excluding tert-OH is 1. The lowest BCUT2D eigenvalue weighted by Gasteiger charge is -2.08. The lowest BCUT2D eigenvalue weighted by molar-refractivity contribution is 0.281. The number of halogens is 1. The Morgan fingerprint density at radius 3 is 2.71 bits per heavy atom.